The number of hydrogen-bond acceptors (Lipinski definition) is 2. The molecule has 1 aromatic heterocycles. The molecule has 0 saturated heterocycles. The number of H-pyrrole nitrogens is 1. The van der Waals surface area contributed by atoms with Crippen LogP contribution in [0.4, 0.5) is 5.69 Å². The molecule has 1 heterocycles. The number of anilines is 1. The van der Waals surface area contributed by atoms with Crippen molar-refractivity contribution in [3.05, 3.63) is 36.5 Å². The van der Waals surface area contributed by atoms with E-state index < -0.39 is 0 Å². The summed E-state index contributed by atoms with van der Waals surface area (Å²) in [5.41, 5.74) is 7.85. The molecule has 0 saturated carbocycles. The fourth-order valence-electron chi connectivity index (χ4n) is 1.29. The van der Waals surface area contributed by atoms with Gasteiger partial charge in [0.15, 0.2) is 0 Å². The van der Waals surface area contributed by atoms with E-state index in [1.54, 1.807) is 12.1 Å². The molecule has 1 aromatic carbocycles. The van der Waals surface area contributed by atoms with Crippen LogP contribution in [-0.4, -0.2) is 10.1 Å². The molecule has 3 nitrogen and oxygen atoms in total. The lowest BCUT2D eigenvalue weighted by Gasteiger charge is -2.04. The maximum absolute atomic E-state index is 9.36. The SMILES string of the molecule is Nc1c(O)cccc1-c1ccc[nH]1. The number of nitrogens with two attached hydrogens (primary N) is 1. The number of benzene rings is 1. The van der Waals surface area contributed by atoms with Gasteiger partial charge in [0, 0.05) is 17.5 Å². The minimum absolute atomic E-state index is 0.118. The number of phenols is 1. The Labute approximate surface area is 75.8 Å². The monoisotopic (exact) mass is 174 g/mol. The fourth-order valence-corrected chi connectivity index (χ4v) is 1.29. The van der Waals surface area contributed by atoms with Crippen molar-refractivity contribution in [3.63, 3.8) is 0 Å². The van der Waals surface area contributed by atoms with Gasteiger partial charge in [0.05, 0.1) is 5.69 Å². The molecule has 2 aromatic rings. The van der Waals surface area contributed by atoms with Gasteiger partial charge >= 0.3 is 0 Å². The number of rotatable bonds is 1. The van der Waals surface area contributed by atoms with Gasteiger partial charge in [-0.05, 0) is 18.2 Å². The van der Waals surface area contributed by atoms with Crippen LogP contribution in [0, 0.1) is 0 Å². The van der Waals surface area contributed by atoms with Crippen LogP contribution >= 0.6 is 0 Å². The molecule has 0 unspecified atom stereocenters. The molecule has 0 amide bonds. The van der Waals surface area contributed by atoms with Crippen LogP contribution in [0.3, 0.4) is 0 Å². The molecule has 0 aliphatic heterocycles. The maximum Gasteiger partial charge on any atom is 0.139 e. The minimum atomic E-state index is 0.118. The van der Waals surface area contributed by atoms with Crippen molar-refractivity contribution in [2.24, 2.45) is 0 Å². The number of para-hydroxylation sites is 1. The van der Waals surface area contributed by atoms with Crippen molar-refractivity contribution in [1.82, 2.24) is 4.98 Å². The molecule has 0 aliphatic carbocycles. The van der Waals surface area contributed by atoms with Gasteiger partial charge in [0.25, 0.3) is 0 Å². The molecule has 0 aliphatic rings. The normalized spacial score (nSPS) is 10.2. The summed E-state index contributed by atoms with van der Waals surface area (Å²) in [7, 11) is 0. The first-order valence-electron chi connectivity index (χ1n) is 4.00. The largest absolute Gasteiger partial charge is 0.506 e. The molecule has 13 heavy (non-hydrogen) atoms. The molecule has 0 atom stereocenters. The summed E-state index contributed by atoms with van der Waals surface area (Å²) in [6.45, 7) is 0. The van der Waals surface area contributed by atoms with E-state index in [9.17, 15) is 5.11 Å². The molecular formula is C10H10N2O. The highest BCUT2D eigenvalue weighted by Crippen LogP contribution is 2.30. The highest BCUT2D eigenvalue weighted by Gasteiger charge is 2.05. The van der Waals surface area contributed by atoms with Gasteiger partial charge in [-0.25, -0.2) is 0 Å². The second-order valence-electron chi connectivity index (χ2n) is 2.82. The Hall–Kier alpha value is -1.90. The average Bonchev–Trinajstić information content (AvgIpc) is 2.62. The zero-order valence-corrected chi connectivity index (χ0v) is 6.99. The number of aromatic amines is 1. The summed E-state index contributed by atoms with van der Waals surface area (Å²) in [6, 6.07) is 8.99. The third kappa shape index (κ3) is 1.24. The average molecular weight is 174 g/mol. The zero-order valence-electron chi connectivity index (χ0n) is 6.99. The molecule has 0 fully saturated rings. The van der Waals surface area contributed by atoms with Crippen LogP contribution in [0.15, 0.2) is 36.5 Å². The summed E-state index contributed by atoms with van der Waals surface area (Å²) in [5.74, 6) is 0.118. The zero-order chi connectivity index (χ0) is 9.26. The van der Waals surface area contributed by atoms with Gasteiger partial charge in [-0.2, -0.15) is 0 Å². The summed E-state index contributed by atoms with van der Waals surface area (Å²) < 4.78 is 0. The van der Waals surface area contributed by atoms with Crippen molar-refractivity contribution in [3.8, 4) is 17.0 Å². The number of aromatic nitrogens is 1. The molecular weight excluding hydrogens is 164 g/mol. The topological polar surface area (TPSA) is 62.0 Å². The minimum Gasteiger partial charge on any atom is -0.506 e. The van der Waals surface area contributed by atoms with E-state index in [0.717, 1.165) is 11.3 Å². The number of aromatic hydroxyl groups is 1. The van der Waals surface area contributed by atoms with Crippen molar-refractivity contribution >= 4 is 5.69 Å². The third-order valence-electron chi connectivity index (χ3n) is 1.97. The Balaban J connectivity index is 2.59. The standard InChI is InChI=1S/C10H10N2O/c11-10-7(3-1-5-9(10)13)8-4-2-6-12-8/h1-6,12-13H,11H2. The van der Waals surface area contributed by atoms with E-state index in [-0.39, 0.29) is 5.75 Å². The fraction of sp³-hybridized carbons (Fsp3) is 0. The number of nitrogens with one attached hydrogen (secondary N) is 1. The Morgan fingerprint density at radius 1 is 1.15 bits per heavy atom. The van der Waals surface area contributed by atoms with E-state index in [1.165, 1.54) is 0 Å². The number of phenolic OH excluding ortho intramolecular Hbond substituents is 1. The lowest BCUT2D eigenvalue weighted by Crippen LogP contribution is -1.90. The van der Waals surface area contributed by atoms with Crippen LogP contribution in [-0.2, 0) is 0 Å². The molecule has 0 spiro atoms. The summed E-state index contributed by atoms with van der Waals surface area (Å²) in [4.78, 5) is 3.03. The molecule has 66 valence electrons. The lowest BCUT2D eigenvalue weighted by atomic mass is 10.1. The van der Waals surface area contributed by atoms with Crippen molar-refractivity contribution in [2.45, 2.75) is 0 Å². The Morgan fingerprint density at radius 2 is 2.00 bits per heavy atom. The smallest absolute Gasteiger partial charge is 0.139 e. The first kappa shape index (κ1) is 7.73. The highest BCUT2D eigenvalue weighted by molar-refractivity contribution is 5.78. The van der Waals surface area contributed by atoms with Gasteiger partial charge in [-0.3, -0.25) is 0 Å². The first-order chi connectivity index (χ1) is 6.29. The second kappa shape index (κ2) is 2.86. The van der Waals surface area contributed by atoms with Crippen molar-refractivity contribution < 1.29 is 5.11 Å². The van der Waals surface area contributed by atoms with Gasteiger partial charge in [0.1, 0.15) is 5.75 Å². The van der Waals surface area contributed by atoms with E-state index in [0.29, 0.717) is 5.69 Å². The molecule has 0 bridgehead atoms. The van der Waals surface area contributed by atoms with Gasteiger partial charge in [0.2, 0.25) is 0 Å². The second-order valence-corrected chi connectivity index (χ2v) is 2.82. The van der Waals surface area contributed by atoms with E-state index in [2.05, 4.69) is 4.98 Å². The van der Waals surface area contributed by atoms with Crippen LogP contribution < -0.4 is 5.73 Å². The first-order valence-corrected chi connectivity index (χ1v) is 4.00. The van der Waals surface area contributed by atoms with Crippen LogP contribution in [0.25, 0.3) is 11.3 Å². The maximum atomic E-state index is 9.36. The van der Waals surface area contributed by atoms with Gasteiger partial charge in [-0.15, -0.1) is 0 Å². The molecule has 3 heteroatoms. The molecule has 0 radical (unpaired) electrons. The highest BCUT2D eigenvalue weighted by atomic mass is 16.3. The Bertz CT molecular complexity index is 407. The van der Waals surface area contributed by atoms with Crippen LogP contribution in [0.1, 0.15) is 0 Å². The molecule has 2 rings (SSSR count). The van der Waals surface area contributed by atoms with E-state index in [4.69, 9.17) is 5.73 Å². The van der Waals surface area contributed by atoms with Crippen LogP contribution in [0.5, 0.6) is 5.75 Å². The lowest BCUT2D eigenvalue weighted by molar-refractivity contribution is 0.478. The predicted octanol–water partition coefficient (Wildman–Crippen LogP) is 1.97. The summed E-state index contributed by atoms with van der Waals surface area (Å²) >= 11 is 0. The van der Waals surface area contributed by atoms with Crippen molar-refractivity contribution in [2.75, 3.05) is 5.73 Å². The Morgan fingerprint density at radius 3 is 2.69 bits per heavy atom. The van der Waals surface area contributed by atoms with Crippen molar-refractivity contribution in [1.29, 1.82) is 0 Å². The van der Waals surface area contributed by atoms with E-state index in [1.807, 2.05) is 24.4 Å². The quantitative estimate of drug-likeness (QED) is 0.457. The third-order valence-corrected chi connectivity index (χ3v) is 1.97. The van der Waals surface area contributed by atoms with E-state index >= 15 is 0 Å². The van der Waals surface area contributed by atoms with Crippen LogP contribution in [0.2, 0.25) is 0 Å². The summed E-state index contributed by atoms with van der Waals surface area (Å²) in [6.07, 6.45) is 1.82. The molecule has 4 N–H and O–H groups in total. The Kier molecular flexibility index (Phi) is 1.70. The predicted molar refractivity (Wildman–Crippen MR) is 52.3 cm³/mol. The number of hydrogen-bond donors (Lipinski definition) is 3. The van der Waals surface area contributed by atoms with Gasteiger partial charge in [-0.1, -0.05) is 12.1 Å². The number of nitrogen functional groups attached to an aromatic ring is 1. The van der Waals surface area contributed by atoms with Gasteiger partial charge < -0.3 is 15.8 Å². The summed E-state index contributed by atoms with van der Waals surface area (Å²) in [5, 5.41) is 9.36.